The van der Waals surface area contributed by atoms with Gasteiger partial charge in [0.15, 0.2) is 0 Å². The third-order valence-corrected chi connectivity index (χ3v) is 3.69. The van der Waals surface area contributed by atoms with Crippen LogP contribution in [0.3, 0.4) is 0 Å². The van der Waals surface area contributed by atoms with Gasteiger partial charge in [0.05, 0.1) is 18.2 Å². The minimum absolute atomic E-state index is 0.497. The number of nitrogens with zero attached hydrogens (tertiary/aromatic N) is 3. The maximum Gasteiger partial charge on any atom is 0.132 e. The summed E-state index contributed by atoms with van der Waals surface area (Å²) in [4.78, 5) is 8.51. The molecule has 1 unspecified atom stereocenters. The normalized spacial score (nSPS) is 12.5. The Morgan fingerprint density at radius 2 is 2.10 bits per heavy atom. The molecule has 0 saturated carbocycles. The second kappa shape index (κ2) is 7.08. The number of nitrogen functional groups attached to an aromatic ring is 1. The molecule has 108 valence electrons. The van der Waals surface area contributed by atoms with Crippen molar-refractivity contribution in [3.05, 3.63) is 30.9 Å². The molecule has 4 heteroatoms. The molecule has 4 nitrogen and oxygen atoms in total. The fourth-order valence-electron chi connectivity index (χ4n) is 2.63. The molecule has 2 heterocycles. The fourth-order valence-corrected chi connectivity index (χ4v) is 2.63. The van der Waals surface area contributed by atoms with Gasteiger partial charge in [0.1, 0.15) is 5.82 Å². The molecule has 1 atom stereocenters. The van der Waals surface area contributed by atoms with Crippen molar-refractivity contribution < 1.29 is 0 Å². The molecule has 0 aromatic carbocycles. The van der Waals surface area contributed by atoms with Gasteiger partial charge in [0.2, 0.25) is 0 Å². The molecule has 0 aliphatic heterocycles. The van der Waals surface area contributed by atoms with Crippen molar-refractivity contribution in [3.8, 4) is 11.3 Å². The number of nitrogens with two attached hydrogens (primary N) is 1. The molecule has 2 aromatic rings. The van der Waals surface area contributed by atoms with Gasteiger partial charge < -0.3 is 10.3 Å². The summed E-state index contributed by atoms with van der Waals surface area (Å²) >= 11 is 0. The lowest BCUT2D eigenvalue weighted by atomic mass is 10.0. The van der Waals surface area contributed by atoms with Gasteiger partial charge >= 0.3 is 0 Å². The number of anilines is 1. The SMILES string of the molecule is CCCCC(CCC)n1cncc1-c1cccnc1N. The van der Waals surface area contributed by atoms with Crippen LogP contribution in [0.15, 0.2) is 30.9 Å². The highest BCUT2D eigenvalue weighted by Crippen LogP contribution is 2.30. The van der Waals surface area contributed by atoms with Crippen LogP contribution in [0, 0.1) is 0 Å². The summed E-state index contributed by atoms with van der Waals surface area (Å²) in [5.41, 5.74) is 8.05. The molecule has 0 aliphatic carbocycles. The number of rotatable bonds is 7. The lowest BCUT2D eigenvalue weighted by Gasteiger charge is -2.20. The van der Waals surface area contributed by atoms with Crippen LogP contribution in [-0.4, -0.2) is 14.5 Å². The molecule has 20 heavy (non-hydrogen) atoms. The zero-order valence-corrected chi connectivity index (χ0v) is 12.4. The van der Waals surface area contributed by atoms with Gasteiger partial charge in [-0.2, -0.15) is 0 Å². The Bertz CT molecular complexity index is 533. The van der Waals surface area contributed by atoms with E-state index in [1.807, 2.05) is 24.7 Å². The first-order valence-electron chi connectivity index (χ1n) is 7.50. The average Bonchev–Trinajstić information content (AvgIpc) is 2.93. The molecule has 2 N–H and O–H groups in total. The van der Waals surface area contributed by atoms with E-state index in [9.17, 15) is 0 Å². The molecule has 0 spiro atoms. The van der Waals surface area contributed by atoms with Crippen molar-refractivity contribution in [1.82, 2.24) is 14.5 Å². The van der Waals surface area contributed by atoms with Crippen molar-refractivity contribution in [2.24, 2.45) is 0 Å². The number of hydrogen-bond acceptors (Lipinski definition) is 3. The minimum Gasteiger partial charge on any atom is -0.383 e. The predicted octanol–water partition coefficient (Wildman–Crippen LogP) is 4.06. The van der Waals surface area contributed by atoms with E-state index < -0.39 is 0 Å². The van der Waals surface area contributed by atoms with E-state index in [1.165, 1.54) is 32.1 Å². The molecule has 0 fully saturated rings. The van der Waals surface area contributed by atoms with E-state index in [-0.39, 0.29) is 0 Å². The summed E-state index contributed by atoms with van der Waals surface area (Å²) in [6, 6.07) is 4.43. The highest BCUT2D eigenvalue weighted by Gasteiger charge is 2.16. The molecule has 2 aromatic heterocycles. The van der Waals surface area contributed by atoms with E-state index in [4.69, 9.17) is 5.73 Å². The van der Waals surface area contributed by atoms with Crippen LogP contribution in [0.1, 0.15) is 52.0 Å². The van der Waals surface area contributed by atoms with E-state index in [1.54, 1.807) is 6.20 Å². The second-order valence-electron chi connectivity index (χ2n) is 5.21. The van der Waals surface area contributed by atoms with Crippen LogP contribution in [0.2, 0.25) is 0 Å². The Balaban J connectivity index is 2.33. The summed E-state index contributed by atoms with van der Waals surface area (Å²) in [6.07, 6.45) is 11.5. The van der Waals surface area contributed by atoms with Crippen molar-refractivity contribution in [3.63, 3.8) is 0 Å². The Kier molecular flexibility index (Phi) is 5.16. The standard InChI is InChI=1S/C16H24N4/c1-3-5-8-13(7-4-2)20-12-18-11-15(20)14-9-6-10-19-16(14)17/h6,9-13H,3-5,7-8H2,1-2H3,(H2,17,19). The first-order chi connectivity index (χ1) is 9.77. The summed E-state index contributed by atoms with van der Waals surface area (Å²) in [7, 11) is 0. The maximum atomic E-state index is 6.00. The molecule has 0 aliphatic rings. The van der Waals surface area contributed by atoms with Gasteiger partial charge in [-0.3, -0.25) is 0 Å². The summed E-state index contributed by atoms with van der Waals surface area (Å²) < 4.78 is 2.27. The molecule has 2 rings (SSSR count). The zero-order valence-electron chi connectivity index (χ0n) is 12.4. The molecule has 0 amide bonds. The van der Waals surface area contributed by atoms with Crippen LogP contribution < -0.4 is 5.73 Å². The van der Waals surface area contributed by atoms with E-state index >= 15 is 0 Å². The number of unbranched alkanes of at least 4 members (excludes halogenated alkanes) is 1. The van der Waals surface area contributed by atoms with E-state index in [0.29, 0.717) is 11.9 Å². The van der Waals surface area contributed by atoms with Crippen molar-refractivity contribution in [2.75, 3.05) is 5.73 Å². The Morgan fingerprint density at radius 3 is 2.80 bits per heavy atom. The summed E-state index contributed by atoms with van der Waals surface area (Å²) in [5.74, 6) is 0.569. The molecular formula is C16H24N4. The molecule has 0 saturated heterocycles. The average molecular weight is 272 g/mol. The van der Waals surface area contributed by atoms with Crippen molar-refractivity contribution >= 4 is 5.82 Å². The highest BCUT2D eigenvalue weighted by atomic mass is 15.1. The van der Waals surface area contributed by atoms with E-state index in [2.05, 4.69) is 28.4 Å². The van der Waals surface area contributed by atoms with Crippen molar-refractivity contribution in [1.29, 1.82) is 0 Å². The van der Waals surface area contributed by atoms with Crippen LogP contribution in [0.25, 0.3) is 11.3 Å². The van der Waals surface area contributed by atoms with Gasteiger partial charge in [0.25, 0.3) is 0 Å². The largest absolute Gasteiger partial charge is 0.383 e. The monoisotopic (exact) mass is 272 g/mol. The van der Waals surface area contributed by atoms with Gasteiger partial charge in [-0.15, -0.1) is 0 Å². The number of aromatic nitrogens is 3. The van der Waals surface area contributed by atoms with Crippen LogP contribution in [0.5, 0.6) is 0 Å². The first-order valence-corrected chi connectivity index (χ1v) is 7.50. The Morgan fingerprint density at radius 1 is 1.25 bits per heavy atom. The lowest BCUT2D eigenvalue weighted by Crippen LogP contribution is -2.10. The van der Waals surface area contributed by atoms with Gasteiger partial charge in [-0.1, -0.05) is 33.1 Å². The highest BCUT2D eigenvalue weighted by molar-refractivity contribution is 5.70. The van der Waals surface area contributed by atoms with Crippen LogP contribution in [-0.2, 0) is 0 Å². The smallest absolute Gasteiger partial charge is 0.132 e. The van der Waals surface area contributed by atoms with Crippen molar-refractivity contribution in [2.45, 2.75) is 52.0 Å². The number of imidazole rings is 1. The molecule has 0 radical (unpaired) electrons. The topological polar surface area (TPSA) is 56.7 Å². The predicted molar refractivity (Wildman–Crippen MR) is 83.3 cm³/mol. The van der Waals surface area contributed by atoms with Gasteiger partial charge in [-0.25, -0.2) is 9.97 Å². The van der Waals surface area contributed by atoms with Crippen LogP contribution >= 0.6 is 0 Å². The Labute approximate surface area is 121 Å². The quantitative estimate of drug-likeness (QED) is 0.827. The van der Waals surface area contributed by atoms with Gasteiger partial charge in [-0.05, 0) is 25.0 Å². The number of pyridine rings is 1. The summed E-state index contributed by atoms with van der Waals surface area (Å²) in [5, 5.41) is 0. The minimum atomic E-state index is 0.497. The fraction of sp³-hybridized carbons (Fsp3) is 0.500. The zero-order chi connectivity index (χ0) is 14.4. The molecule has 0 bridgehead atoms. The second-order valence-corrected chi connectivity index (χ2v) is 5.21. The lowest BCUT2D eigenvalue weighted by molar-refractivity contribution is 0.420. The Hall–Kier alpha value is -1.84. The molecular weight excluding hydrogens is 248 g/mol. The van der Waals surface area contributed by atoms with Gasteiger partial charge in [0, 0.05) is 17.8 Å². The third kappa shape index (κ3) is 3.18. The first kappa shape index (κ1) is 14.6. The summed E-state index contributed by atoms with van der Waals surface area (Å²) in [6.45, 7) is 4.46. The van der Waals surface area contributed by atoms with E-state index in [0.717, 1.165) is 11.3 Å². The number of hydrogen-bond donors (Lipinski definition) is 1. The van der Waals surface area contributed by atoms with Crippen LogP contribution in [0.4, 0.5) is 5.82 Å². The maximum absolute atomic E-state index is 6.00. The third-order valence-electron chi connectivity index (χ3n) is 3.69.